The average Bonchev–Trinajstić information content (AvgIpc) is 2.16. The summed E-state index contributed by atoms with van der Waals surface area (Å²) in [5, 5.41) is 0. The Hall–Kier alpha value is 0.0700. The van der Waals surface area contributed by atoms with Crippen molar-refractivity contribution in [3.63, 3.8) is 0 Å². The maximum absolute atomic E-state index is 11.2. The summed E-state index contributed by atoms with van der Waals surface area (Å²) in [6, 6.07) is 5.79. The smallest absolute Gasteiger partial charge is 0.147 e. The maximum Gasteiger partial charge on any atom is 0.147 e. The first-order valence-corrected chi connectivity index (χ1v) is 6.67. The van der Waals surface area contributed by atoms with Gasteiger partial charge in [0.05, 0.1) is 4.83 Å². The van der Waals surface area contributed by atoms with E-state index in [4.69, 9.17) is 0 Å². The van der Waals surface area contributed by atoms with E-state index >= 15 is 0 Å². The molecule has 1 aromatic rings. The van der Waals surface area contributed by atoms with Crippen LogP contribution in [0.2, 0.25) is 0 Å². The predicted octanol–water partition coefficient (Wildman–Crippen LogP) is 3.72. The minimum Gasteiger partial charge on any atom is -0.298 e. The summed E-state index contributed by atoms with van der Waals surface area (Å²) < 4.78 is 0. The fourth-order valence-electron chi connectivity index (χ4n) is 1.18. The molecule has 76 valence electrons. The quantitative estimate of drug-likeness (QED) is 0.519. The van der Waals surface area contributed by atoms with Crippen LogP contribution in [-0.4, -0.2) is 12.0 Å². The number of thiol groups is 1. The molecule has 0 aromatic heterocycles. The molecule has 1 aromatic carbocycles. The van der Waals surface area contributed by atoms with Gasteiger partial charge in [-0.2, -0.15) is 0 Å². The van der Waals surface area contributed by atoms with Crippen LogP contribution in [0.5, 0.6) is 0 Å². The first kappa shape index (κ1) is 12.1. The Kier molecular flexibility index (Phi) is 4.54. The van der Waals surface area contributed by atoms with Gasteiger partial charge in [0.25, 0.3) is 0 Å². The van der Waals surface area contributed by atoms with Gasteiger partial charge in [0.1, 0.15) is 5.78 Å². The molecule has 0 amide bonds. The van der Waals surface area contributed by atoms with Crippen LogP contribution >= 0.6 is 40.3 Å². The van der Waals surface area contributed by atoms with Crippen LogP contribution in [0.25, 0.3) is 0 Å². The number of halogens is 1. The molecular weight excluding hydrogens is 280 g/mol. The van der Waals surface area contributed by atoms with Crippen molar-refractivity contribution in [3.05, 3.63) is 23.8 Å². The third-order valence-electron chi connectivity index (χ3n) is 1.86. The molecule has 0 heterocycles. The number of hydrogen-bond acceptors (Lipinski definition) is 3. The molecule has 0 saturated heterocycles. The van der Waals surface area contributed by atoms with Crippen LogP contribution < -0.4 is 0 Å². The highest BCUT2D eigenvalue weighted by Gasteiger charge is 2.17. The third-order valence-corrected chi connectivity index (χ3v) is 4.38. The minimum atomic E-state index is -0.225. The number of benzene rings is 1. The number of carbonyl (C=O) groups excluding carboxylic acids is 1. The van der Waals surface area contributed by atoms with Crippen molar-refractivity contribution < 1.29 is 4.79 Å². The van der Waals surface area contributed by atoms with Gasteiger partial charge in [-0.15, -0.1) is 24.4 Å². The molecule has 4 heteroatoms. The largest absolute Gasteiger partial charge is 0.298 e. The van der Waals surface area contributed by atoms with Crippen molar-refractivity contribution >= 4 is 46.1 Å². The van der Waals surface area contributed by atoms with Gasteiger partial charge in [-0.05, 0) is 24.8 Å². The van der Waals surface area contributed by atoms with Crippen LogP contribution in [0.15, 0.2) is 28.0 Å². The molecule has 1 atom stereocenters. The molecule has 14 heavy (non-hydrogen) atoms. The van der Waals surface area contributed by atoms with Gasteiger partial charge in [-0.3, -0.25) is 4.79 Å². The summed E-state index contributed by atoms with van der Waals surface area (Å²) >= 11 is 9.35. The monoisotopic (exact) mass is 290 g/mol. The number of rotatable bonds is 3. The highest BCUT2D eigenvalue weighted by molar-refractivity contribution is 9.09. The average molecular weight is 291 g/mol. The zero-order valence-electron chi connectivity index (χ0n) is 7.95. The van der Waals surface area contributed by atoms with E-state index in [1.54, 1.807) is 18.7 Å². The SMILES string of the molecule is CSc1c(S)cccc1C(Br)C(C)=O. The molecule has 0 aliphatic heterocycles. The first-order chi connectivity index (χ1) is 6.57. The fourth-order valence-corrected chi connectivity index (χ4v) is 2.90. The van der Waals surface area contributed by atoms with Crippen molar-refractivity contribution in [2.45, 2.75) is 21.5 Å². The van der Waals surface area contributed by atoms with Crippen molar-refractivity contribution in [3.8, 4) is 0 Å². The van der Waals surface area contributed by atoms with Crippen molar-refractivity contribution in [1.82, 2.24) is 0 Å². The molecule has 0 N–H and O–H groups in total. The van der Waals surface area contributed by atoms with Crippen molar-refractivity contribution in [2.75, 3.05) is 6.26 Å². The predicted molar refractivity (Wildman–Crippen MR) is 67.8 cm³/mol. The Morgan fingerprint density at radius 2 is 2.21 bits per heavy atom. The summed E-state index contributed by atoms with van der Waals surface area (Å²) in [6.45, 7) is 1.58. The van der Waals surface area contributed by atoms with E-state index in [9.17, 15) is 4.79 Å². The summed E-state index contributed by atoms with van der Waals surface area (Å²) in [5.74, 6) is 0.110. The molecule has 1 unspecified atom stereocenters. The highest BCUT2D eigenvalue weighted by atomic mass is 79.9. The summed E-state index contributed by atoms with van der Waals surface area (Å²) in [6.07, 6.45) is 1.98. The van der Waals surface area contributed by atoms with E-state index in [0.29, 0.717) is 0 Å². The van der Waals surface area contributed by atoms with Crippen LogP contribution in [0, 0.1) is 0 Å². The fraction of sp³-hybridized carbons (Fsp3) is 0.300. The summed E-state index contributed by atoms with van der Waals surface area (Å²) in [7, 11) is 0. The molecule has 0 fully saturated rings. The lowest BCUT2D eigenvalue weighted by molar-refractivity contribution is -0.116. The minimum absolute atomic E-state index is 0.110. The second kappa shape index (κ2) is 5.24. The Morgan fingerprint density at radius 3 is 2.71 bits per heavy atom. The van der Waals surface area contributed by atoms with Gasteiger partial charge in [0.2, 0.25) is 0 Å². The summed E-state index contributed by atoms with van der Waals surface area (Å²) in [5.41, 5.74) is 0.998. The molecule has 0 saturated carbocycles. The summed E-state index contributed by atoms with van der Waals surface area (Å²) in [4.78, 5) is 13.0. The number of ketones is 1. The second-order valence-electron chi connectivity index (χ2n) is 2.87. The molecule has 0 aliphatic rings. The lowest BCUT2D eigenvalue weighted by Crippen LogP contribution is -2.02. The van der Waals surface area contributed by atoms with Gasteiger partial charge in [0.15, 0.2) is 0 Å². The number of hydrogen-bond donors (Lipinski definition) is 1. The zero-order valence-corrected chi connectivity index (χ0v) is 11.2. The van der Waals surface area contributed by atoms with E-state index in [1.807, 2.05) is 24.5 Å². The Bertz CT molecular complexity index is 352. The van der Waals surface area contributed by atoms with E-state index in [1.165, 1.54) is 0 Å². The van der Waals surface area contributed by atoms with Crippen LogP contribution in [0.4, 0.5) is 0 Å². The maximum atomic E-state index is 11.2. The van der Waals surface area contributed by atoms with Gasteiger partial charge in [-0.1, -0.05) is 28.1 Å². The lowest BCUT2D eigenvalue weighted by atomic mass is 10.1. The standard InChI is InChI=1S/C10H11BrOS2/c1-6(12)9(11)7-4-3-5-8(13)10(7)14-2/h3-5,9,13H,1-2H3. The number of alkyl halides is 1. The van der Waals surface area contributed by atoms with Crippen LogP contribution in [0.1, 0.15) is 17.3 Å². The van der Waals surface area contributed by atoms with E-state index in [-0.39, 0.29) is 10.6 Å². The molecule has 0 bridgehead atoms. The van der Waals surface area contributed by atoms with Crippen LogP contribution in [-0.2, 0) is 4.79 Å². The second-order valence-corrected chi connectivity index (χ2v) is 5.09. The van der Waals surface area contributed by atoms with E-state index < -0.39 is 0 Å². The first-order valence-electron chi connectivity index (χ1n) is 4.08. The number of carbonyl (C=O) groups is 1. The van der Waals surface area contributed by atoms with E-state index in [0.717, 1.165) is 15.4 Å². The highest BCUT2D eigenvalue weighted by Crippen LogP contribution is 2.35. The van der Waals surface area contributed by atoms with Gasteiger partial charge in [-0.25, -0.2) is 0 Å². The van der Waals surface area contributed by atoms with Crippen LogP contribution in [0.3, 0.4) is 0 Å². The van der Waals surface area contributed by atoms with E-state index in [2.05, 4.69) is 28.6 Å². The molecular formula is C10H11BrOS2. The van der Waals surface area contributed by atoms with Gasteiger partial charge < -0.3 is 0 Å². The van der Waals surface area contributed by atoms with Gasteiger partial charge >= 0.3 is 0 Å². The Labute approximate surface area is 102 Å². The number of Topliss-reactive ketones (excluding diaryl/α,β-unsaturated/α-hetero) is 1. The van der Waals surface area contributed by atoms with Gasteiger partial charge in [0, 0.05) is 9.79 Å². The third kappa shape index (κ3) is 2.55. The van der Waals surface area contributed by atoms with Crippen molar-refractivity contribution in [1.29, 1.82) is 0 Å². The Balaban J connectivity index is 3.20. The topological polar surface area (TPSA) is 17.1 Å². The lowest BCUT2D eigenvalue weighted by Gasteiger charge is -2.12. The zero-order chi connectivity index (χ0) is 10.7. The number of thioether (sulfide) groups is 1. The normalized spacial score (nSPS) is 12.6. The molecule has 0 aliphatic carbocycles. The Morgan fingerprint density at radius 1 is 1.57 bits per heavy atom. The molecule has 0 radical (unpaired) electrons. The molecule has 1 rings (SSSR count). The molecule has 0 spiro atoms. The molecule has 1 nitrogen and oxygen atoms in total. The van der Waals surface area contributed by atoms with Crippen molar-refractivity contribution in [2.24, 2.45) is 0 Å².